The van der Waals surface area contributed by atoms with E-state index in [1.165, 1.54) is 12.3 Å². The van der Waals surface area contributed by atoms with E-state index < -0.39 is 0 Å². The highest BCUT2D eigenvalue weighted by Crippen LogP contribution is 2.14. The van der Waals surface area contributed by atoms with Crippen LogP contribution < -0.4 is 10.5 Å². The van der Waals surface area contributed by atoms with Gasteiger partial charge in [-0.3, -0.25) is 5.10 Å². The highest BCUT2D eigenvalue weighted by molar-refractivity contribution is 5.95. The van der Waals surface area contributed by atoms with Crippen LogP contribution >= 0.6 is 0 Å². The molecule has 0 atom stereocenters. The normalized spacial score (nSPS) is 11.5. The van der Waals surface area contributed by atoms with Gasteiger partial charge in [0.25, 0.3) is 0 Å². The van der Waals surface area contributed by atoms with Gasteiger partial charge in [0.2, 0.25) is 5.88 Å². The summed E-state index contributed by atoms with van der Waals surface area (Å²) in [5, 5.41) is 17.9. The predicted octanol–water partition coefficient (Wildman–Crippen LogP) is 0.395. The van der Waals surface area contributed by atoms with E-state index >= 15 is 0 Å². The van der Waals surface area contributed by atoms with Crippen LogP contribution in [-0.2, 0) is 0 Å². The van der Waals surface area contributed by atoms with Gasteiger partial charge in [0.1, 0.15) is 5.69 Å². The lowest BCUT2D eigenvalue weighted by molar-refractivity contribution is 0.318. The van der Waals surface area contributed by atoms with Gasteiger partial charge >= 0.3 is 6.01 Å². The first-order chi connectivity index (χ1) is 8.19. The molecule has 0 saturated carbocycles. The van der Waals surface area contributed by atoms with E-state index in [1.807, 2.05) is 6.92 Å². The van der Waals surface area contributed by atoms with Crippen molar-refractivity contribution in [3.05, 3.63) is 29.7 Å². The second-order valence-corrected chi connectivity index (χ2v) is 3.20. The summed E-state index contributed by atoms with van der Waals surface area (Å²) in [6.45, 7) is 1.84. The van der Waals surface area contributed by atoms with Gasteiger partial charge in [0, 0.05) is 18.0 Å². The maximum Gasteiger partial charge on any atom is 0.323 e. The summed E-state index contributed by atoms with van der Waals surface area (Å²) >= 11 is 0. The fourth-order valence-electron chi connectivity index (χ4n) is 1.12. The molecule has 0 bridgehead atoms. The van der Waals surface area contributed by atoms with Gasteiger partial charge in [-0.1, -0.05) is 5.16 Å². The Labute approximate surface area is 96.2 Å². The molecular weight excluding hydrogens is 224 g/mol. The predicted molar refractivity (Wildman–Crippen MR) is 57.9 cm³/mol. The third-order valence-electron chi connectivity index (χ3n) is 1.88. The van der Waals surface area contributed by atoms with Crippen LogP contribution in [0.3, 0.4) is 0 Å². The van der Waals surface area contributed by atoms with Crippen molar-refractivity contribution < 1.29 is 9.94 Å². The topological polar surface area (TPSA) is 122 Å². The zero-order valence-electron chi connectivity index (χ0n) is 8.95. The molecule has 2 aromatic heterocycles. The second-order valence-electron chi connectivity index (χ2n) is 3.20. The van der Waals surface area contributed by atoms with Crippen molar-refractivity contribution >= 4 is 5.84 Å². The average Bonchev–Trinajstić information content (AvgIpc) is 2.74. The lowest BCUT2D eigenvalue weighted by Crippen LogP contribution is -2.15. The number of ether oxygens (including phenoxy) is 1. The highest BCUT2D eigenvalue weighted by Gasteiger charge is 2.07. The third-order valence-corrected chi connectivity index (χ3v) is 1.88. The molecule has 0 unspecified atom stereocenters. The molecule has 4 N–H and O–H groups in total. The van der Waals surface area contributed by atoms with Crippen LogP contribution in [0.2, 0.25) is 0 Å². The molecular formula is C9H10N6O2. The van der Waals surface area contributed by atoms with E-state index in [1.54, 1.807) is 6.07 Å². The number of oxime groups is 1. The van der Waals surface area contributed by atoms with E-state index in [0.717, 1.165) is 5.69 Å². The fourth-order valence-corrected chi connectivity index (χ4v) is 1.12. The summed E-state index contributed by atoms with van der Waals surface area (Å²) in [7, 11) is 0. The van der Waals surface area contributed by atoms with Crippen molar-refractivity contribution in [3.63, 3.8) is 0 Å². The number of hydrogen-bond donors (Lipinski definition) is 3. The monoisotopic (exact) mass is 234 g/mol. The molecule has 0 fully saturated rings. The summed E-state index contributed by atoms with van der Waals surface area (Å²) in [6, 6.07) is 3.26. The number of amidine groups is 1. The Balaban J connectivity index is 2.22. The minimum absolute atomic E-state index is 0.0700. The molecule has 88 valence electrons. The maximum absolute atomic E-state index is 8.52. The average molecular weight is 234 g/mol. The zero-order valence-corrected chi connectivity index (χ0v) is 8.95. The Bertz CT molecular complexity index is 550. The number of aromatic amines is 1. The smallest absolute Gasteiger partial charge is 0.323 e. The summed E-state index contributed by atoms with van der Waals surface area (Å²) in [5.74, 6) is 0.231. The van der Waals surface area contributed by atoms with E-state index in [0.29, 0.717) is 5.88 Å². The first kappa shape index (κ1) is 10.9. The number of aromatic nitrogens is 4. The number of rotatable bonds is 3. The number of hydrogen-bond acceptors (Lipinski definition) is 6. The van der Waals surface area contributed by atoms with Crippen LogP contribution in [0.15, 0.2) is 23.5 Å². The molecule has 2 rings (SSSR count). The number of aryl methyl sites for hydroxylation is 1. The van der Waals surface area contributed by atoms with Gasteiger partial charge in [0.15, 0.2) is 5.84 Å². The third kappa shape index (κ3) is 2.48. The Morgan fingerprint density at radius 2 is 2.41 bits per heavy atom. The minimum atomic E-state index is -0.115. The van der Waals surface area contributed by atoms with Gasteiger partial charge in [-0.25, -0.2) is 4.98 Å². The van der Waals surface area contributed by atoms with Crippen molar-refractivity contribution in [1.82, 2.24) is 20.2 Å². The van der Waals surface area contributed by atoms with Gasteiger partial charge in [-0.05, 0) is 13.0 Å². The SMILES string of the molecule is Cc1cc(Oc2nccc(/C(N)=N/O)n2)n[nH]1. The van der Waals surface area contributed by atoms with E-state index in [9.17, 15) is 0 Å². The van der Waals surface area contributed by atoms with Gasteiger partial charge in [-0.2, -0.15) is 4.98 Å². The van der Waals surface area contributed by atoms with Crippen molar-refractivity contribution in [3.8, 4) is 11.9 Å². The quantitative estimate of drug-likeness (QED) is 0.305. The molecule has 0 aliphatic rings. The first-order valence-corrected chi connectivity index (χ1v) is 4.70. The van der Waals surface area contributed by atoms with Crippen LogP contribution in [0.25, 0.3) is 0 Å². The second kappa shape index (κ2) is 4.47. The van der Waals surface area contributed by atoms with Gasteiger partial charge in [-0.15, -0.1) is 5.10 Å². The molecule has 0 aromatic carbocycles. The van der Waals surface area contributed by atoms with Crippen LogP contribution in [0.4, 0.5) is 0 Å². The molecule has 2 aromatic rings. The number of nitrogens with one attached hydrogen (secondary N) is 1. The molecule has 8 heteroatoms. The van der Waals surface area contributed by atoms with Crippen LogP contribution in [0.1, 0.15) is 11.4 Å². The molecule has 17 heavy (non-hydrogen) atoms. The van der Waals surface area contributed by atoms with Crippen LogP contribution in [-0.4, -0.2) is 31.2 Å². The summed E-state index contributed by atoms with van der Waals surface area (Å²) in [5.41, 5.74) is 6.52. The molecule has 0 aliphatic heterocycles. The molecule has 0 saturated heterocycles. The lowest BCUT2D eigenvalue weighted by atomic mass is 10.4. The molecule has 8 nitrogen and oxygen atoms in total. The largest absolute Gasteiger partial charge is 0.409 e. The Morgan fingerprint density at radius 1 is 1.59 bits per heavy atom. The Hall–Kier alpha value is -2.64. The molecule has 2 heterocycles. The van der Waals surface area contributed by atoms with Crippen molar-refractivity contribution in [2.24, 2.45) is 10.9 Å². The van der Waals surface area contributed by atoms with Crippen molar-refractivity contribution in [1.29, 1.82) is 0 Å². The lowest BCUT2D eigenvalue weighted by Gasteiger charge is -2.01. The van der Waals surface area contributed by atoms with E-state index in [2.05, 4.69) is 25.3 Å². The fraction of sp³-hybridized carbons (Fsp3) is 0.111. The highest BCUT2D eigenvalue weighted by atomic mass is 16.5. The number of nitrogens with zero attached hydrogens (tertiary/aromatic N) is 4. The molecule has 0 aliphatic carbocycles. The van der Waals surface area contributed by atoms with Crippen molar-refractivity contribution in [2.45, 2.75) is 6.92 Å². The molecule has 0 amide bonds. The standard InChI is InChI=1S/C9H10N6O2/c1-5-4-7(14-13-5)17-9-11-3-2-6(12-9)8(10)15-16/h2-4,16H,1H3,(H2,10,15)(H,13,14). The first-order valence-electron chi connectivity index (χ1n) is 4.70. The van der Waals surface area contributed by atoms with E-state index in [4.69, 9.17) is 15.7 Å². The Morgan fingerprint density at radius 3 is 3.06 bits per heavy atom. The van der Waals surface area contributed by atoms with Crippen LogP contribution in [0, 0.1) is 6.92 Å². The summed E-state index contributed by atoms with van der Waals surface area (Å²) in [6.07, 6.45) is 1.44. The van der Waals surface area contributed by atoms with Crippen molar-refractivity contribution in [2.75, 3.05) is 0 Å². The zero-order chi connectivity index (χ0) is 12.3. The minimum Gasteiger partial charge on any atom is -0.409 e. The molecule has 0 spiro atoms. The van der Waals surface area contributed by atoms with Crippen LogP contribution in [0.5, 0.6) is 11.9 Å². The number of H-pyrrole nitrogens is 1. The summed E-state index contributed by atoms with van der Waals surface area (Å²) in [4.78, 5) is 7.83. The Kier molecular flexibility index (Phi) is 2.86. The van der Waals surface area contributed by atoms with Gasteiger partial charge < -0.3 is 15.7 Å². The number of nitrogens with two attached hydrogens (primary N) is 1. The molecule has 0 radical (unpaired) electrons. The maximum atomic E-state index is 8.52. The van der Waals surface area contributed by atoms with E-state index in [-0.39, 0.29) is 17.5 Å². The van der Waals surface area contributed by atoms with Gasteiger partial charge in [0.05, 0.1) is 0 Å². The summed E-state index contributed by atoms with van der Waals surface area (Å²) < 4.78 is 5.28.